The topological polar surface area (TPSA) is 131 Å². The summed E-state index contributed by atoms with van der Waals surface area (Å²) in [4.78, 5) is 26.1. The molecule has 12 heteroatoms. The molecule has 2 aliphatic carbocycles. The molecule has 0 spiro atoms. The molecule has 192 valence electrons. The lowest BCUT2D eigenvalue weighted by Gasteiger charge is -2.35. The normalized spacial score (nSPS) is 26.3. The zero-order chi connectivity index (χ0) is 25.6. The Morgan fingerprint density at radius 2 is 1.83 bits per heavy atom. The highest BCUT2D eigenvalue weighted by molar-refractivity contribution is 6.41. The van der Waals surface area contributed by atoms with E-state index in [0.717, 1.165) is 25.7 Å². The number of aliphatic hydroxyl groups excluding tert-OH is 1. The molecule has 2 heterocycles. The van der Waals surface area contributed by atoms with Crippen molar-refractivity contribution in [1.82, 2.24) is 19.5 Å². The Hall–Kier alpha value is -2.33. The Balaban J connectivity index is 1.53. The van der Waals surface area contributed by atoms with Crippen molar-refractivity contribution in [2.45, 2.75) is 70.1 Å². The van der Waals surface area contributed by atoms with Crippen LogP contribution < -0.4 is 16.4 Å². The summed E-state index contributed by atoms with van der Waals surface area (Å²) in [7, 11) is 0. The Morgan fingerprint density at radius 1 is 1.14 bits per heavy atom. The standard InChI is InChI=1S/C24H28Cl3N7O2/c1-24(21(28)36)6-4-14(5-7-24)34-20-18(11-29-22(33-20)30-13-2-3-15(35)10-13)31-23(34)32-19-16(26)8-12(25)9-17(19)27/h8-9,11,13-15,35H,2-7,10H2,1H3,(H2,28,36)(H,31,32)(H,29,30,33)/t13-,14-,15-,24+/m1/s1. The lowest BCUT2D eigenvalue weighted by Crippen LogP contribution is -2.38. The average Bonchev–Trinajstić information content (AvgIpc) is 3.39. The molecule has 2 aromatic heterocycles. The summed E-state index contributed by atoms with van der Waals surface area (Å²) in [6.45, 7) is 1.92. The van der Waals surface area contributed by atoms with Crippen LogP contribution in [0.2, 0.25) is 15.1 Å². The van der Waals surface area contributed by atoms with Crippen LogP contribution in [0.5, 0.6) is 0 Å². The second-order valence-corrected chi connectivity index (χ2v) is 11.3. The van der Waals surface area contributed by atoms with Crippen LogP contribution in [-0.2, 0) is 4.79 Å². The molecule has 5 rings (SSSR count). The predicted octanol–water partition coefficient (Wildman–Crippen LogP) is 5.46. The zero-order valence-corrected chi connectivity index (χ0v) is 22.0. The predicted molar refractivity (Wildman–Crippen MR) is 142 cm³/mol. The lowest BCUT2D eigenvalue weighted by molar-refractivity contribution is -0.128. The number of nitrogens with one attached hydrogen (secondary N) is 2. The number of carbonyl (C=O) groups is 1. The molecule has 5 N–H and O–H groups in total. The molecule has 1 aromatic carbocycles. The highest BCUT2D eigenvalue weighted by atomic mass is 35.5. The monoisotopic (exact) mass is 551 g/mol. The van der Waals surface area contributed by atoms with Gasteiger partial charge in [-0.15, -0.1) is 0 Å². The van der Waals surface area contributed by atoms with Crippen molar-refractivity contribution in [2.24, 2.45) is 11.1 Å². The van der Waals surface area contributed by atoms with Gasteiger partial charge in [-0.2, -0.15) is 4.98 Å². The van der Waals surface area contributed by atoms with Crippen LogP contribution in [0, 0.1) is 5.41 Å². The molecule has 2 aliphatic rings. The average molecular weight is 553 g/mol. The second-order valence-electron chi connectivity index (χ2n) is 10.0. The van der Waals surface area contributed by atoms with Gasteiger partial charge >= 0.3 is 0 Å². The lowest BCUT2D eigenvalue weighted by atomic mass is 9.73. The van der Waals surface area contributed by atoms with Crippen molar-refractivity contribution in [3.8, 4) is 0 Å². The van der Waals surface area contributed by atoms with Crippen LogP contribution in [-0.4, -0.2) is 42.7 Å². The van der Waals surface area contributed by atoms with Crippen molar-refractivity contribution in [3.63, 3.8) is 0 Å². The highest BCUT2D eigenvalue weighted by Crippen LogP contribution is 2.44. The smallest absolute Gasteiger partial charge is 0.224 e. The SMILES string of the molecule is C[C@]1(C(N)=O)CC[C@@H](n2c(Nc3c(Cl)cc(Cl)cc3Cl)nc3cnc(N[C@@H]4CC[C@@H](O)C4)nc32)CC1. The number of amides is 1. The van der Waals surface area contributed by atoms with Crippen molar-refractivity contribution in [3.05, 3.63) is 33.4 Å². The van der Waals surface area contributed by atoms with Gasteiger partial charge in [0.15, 0.2) is 5.65 Å². The second kappa shape index (κ2) is 9.85. The van der Waals surface area contributed by atoms with Gasteiger partial charge in [-0.1, -0.05) is 41.7 Å². The number of hydrogen-bond donors (Lipinski definition) is 4. The van der Waals surface area contributed by atoms with E-state index in [1.807, 2.05) is 11.5 Å². The molecule has 3 aromatic rings. The molecule has 2 atom stereocenters. The van der Waals surface area contributed by atoms with Gasteiger partial charge < -0.3 is 21.5 Å². The van der Waals surface area contributed by atoms with Gasteiger partial charge in [-0.3, -0.25) is 9.36 Å². The van der Waals surface area contributed by atoms with Crippen molar-refractivity contribution in [1.29, 1.82) is 0 Å². The molecular formula is C24H28Cl3N7O2. The van der Waals surface area contributed by atoms with Crippen LogP contribution in [0.15, 0.2) is 18.3 Å². The number of benzene rings is 1. The maximum atomic E-state index is 12.0. The first-order valence-electron chi connectivity index (χ1n) is 12.0. The maximum Gasteiger partial charge on any atom is 0.224 e. The summed E-state index contributed by atoms with van der Waals surface area (Å²) in [6.07, 6.45) is 6.42. The fourth-order valence-electron chi connectivity index (χ4n) is 5.18. The third-order valence-corrected chi connectivity index (χ3v) is 8.25. The number of hydrogen-bond acceptors (Lipinski definition) is 7. The van der Waals surface area contributed by atoms with E-state index in [1.54, 1.807) is 18.3 Å². The number of halogens is 3. The number of aliphatic hydroxyl groups is 1. The molecule has 0 bridgehead atoms. The van der Waals surface area contributed by atoms with Gasteiger partial charge in [0.1, 0.15) is 5.52 Å². The molecule has 0 unspecified atom stereocenters. The molecule has 2 saturated carbocycles. The fourth-order valence-corrected chi connectivity index (χ4v) is 6.10. The fraction of sp³-hybridized carbons (Fsp3) is 0.500. The Labute approximate surface area is 223 Å². The van der Waals surface area contributed by atoms with Crippen LogP contribution >= 0.6 is 34.8 Å². The number of nitrogens with two attached hydrogens (primary N) is 1. The Kier molecular flexibility index (Phi) is 6.93. The third kappa shape index (κ3) is 4.94. The Bertz CT molecular complexity index is 1280. The van der Waals surface area contributed by atoms with Crippen LogP contribution in [0.4, 0.5) is 17.6 Å². The summed E-state index contributed by atoms with van der Waals surface area (Å²) in [5.74, 6) is 0.725. The minimum Gasteiger partial charge on any atom is -0.393 e. The van der Waals surface area contributed by atoms with Gasteiger partial charge in [0.2, 0.25) is 17.8 Å². The van der Waals surface area contributed by atoms with Gasteiger partial charge in [-0.25, -0.2) is 9.97 Å². The van der Waals surface area contributed by atoms with Gasteiger partial charge in [-0.05, 0) is 57.1 Å². The van der Waals surface area contributed by atoms with Gasteiger partial charge in [0.25, 0.3) is 0 Å². The van der Waals surface area contributed by atoms with E-state index >= 15 is 0 Å². The summed E-state index contributed by atoms with van der Waals surface area (Å²) in [5.41, 5.74) is 6.90. The molecule has 0 saturated heterocycles. The number of rotatable bonds is 6. The summed E-state index contributed by atoms with van der Waals surface area (Å²) in [5, 5.41) is 17.7. The first-order chi connectivity index (χ1) is 17.1. The first kappa shape index (κ1) is 25.3. The van der Waals surface area contributed by atoms with Gasteiger partial charge in [0, 0.05) is 22.5 Å². The quantitative estimate of drug-likeness (QED) is 0.319. The van der Waals surface area contributed by atoms with Crippen molar-refractivity contribution < 1.29 is 9.90 Å². The van der Waals surface area contributed by atoms with Crippen LogP contribution in [0.3, 0.4) is 0 Å². The number of primary amides is 1. The number of carbonyl (C=O) groups excluding carboxylic acids is 1. The molecule has 0 radical (unpaired) electrons. The largest absolute Gasteiger partial charge is 0.393 e. The molecule has 36 heavy (non-hydrogen) atoms. The Morgan fingerprint density at radius 3 is 2.44 bits per heavy atom. The minimum absolute atomic E-state index is 0.0193. The van der Waals surface area contributed by atoms with E-state index in [9.17, 15) is 9.90 Å². The number of aromatic nitrogens is 4. The number of anilines is 3. The minimum atomic E-state index is -0.533. The van der Waals surface area contributed by atoms with Crippen molar-refractivity contribution >= 4 is 69.5 Å². The van der Waals surface area contributed by atoms with E-state index in [4.69, 9.17) is 50.5 Å². The number of imidazole rings is 1. The molecular weight excluding hydrogens is 525 g/mol. The number of nitrogens with zero attached hydrogens (tertiary/aromatic N) is 4. The molecule has 9 nitrogen and oxygen atoms in total. The molecule has 0 aliphatic heterocycles. The maximum absolute atomic E-state index is 12.0. The van der Waals surface area contributed by atoms with E-state index in [1.165, 1.54) is 0 Å². The molecule has 1 amide bonds. The van der Waals surface area contributed by atoms with Crippen LogP contribution in [0.25, 0.3) is 11.2 Å². The van der Waals surface area contributed by atoms with E-state index in [0.29, 0.717) is 63.1 Å². The summed E-state index contributed by atoms with van der Waals surface area (Å²) >= 11 is 19.0. The third-order valence-electron chi connectivity index (χ3n) is 7.43. The van der Waals surface area contributed by atoms with E-state index in [-0.39, 0.29) is 24.1 Å². The van der Waals surface area contributed by atoms with Crippen molar-refractivity contribution in [2.75, 3.05) is 10.6 Å². The van der Waals surface area contributed by atoms with Crippen LogP contribution in [0.1, 0.15) is 57.9 Å². The zero-order valence-electron chi connectivity index (χ0n) is 19.8. The van der Waals surface area contributed by atoms with E-state index in [2.05, 4.69) is 15.6 Å². The number of fused-ring (bicyclic) bond motifs is 1. The van der Waals surface area contributed by atoms with E-state index < -0.39 is 5.41 Å². The highest BCUT2D eigenvalue weighted by Gasteiger charge is 2.38. The summed E-state index contributed by atoms with van der Waals surface area (Å²) in [6, 6.07) is 3.36. The van der Waals surface area contributed by atoms with Gasteiger partial charge in [0.05, 0.1) is 28.0 Å². The first-order valence-corrected chi connectivity index (χ1v) is 13.2. The molecule has 2 fully saturated rings. The summed E-state index contributed by atoms with van der Waals surface area (Å²) < 4.78 is 2.04.